The molecule has 0 aliphatic rings. The van der Waals surface area contributed by atoms with Gasteiger partial charge >= 0.3 is 0 Å². The van der Waals surface area contributed by atoms with Gasteiger partial charge in [0, 0.05) is 31.0 Å². The summed E-state index contributed by atoms with van der Waals surface area (Å²) in [4.78, 5) is 5.18. The smallest absolute Gasteiger partial charge is 0.145 e. The van der Waals surface area contributed by atoms with Crippen LogP contribution in [0, 0.1) is 3.57 Å². The van der Waals surface area contributed by atoms with Crippen molar-refractivity contribution in [1.82, 2.24) is 9.55 Å². The number of benzene rings is 4. The number of rotatable bonds is 4. The summed E-state index contributed by atoms with van der Waals surface area (Å²) in [5.41, 5.74) is 6.29. The zero-order valence-electron chi connectivity index (χ0n) is 16.5. The molecule has 0 spiro atoms. The van der Waals surface area contributed by atoms with Crippen molar-refractivity contribution in [1.29, 1.82) is 0 Å². The van der Waals surface area contributed by atoms with Gasteiger partial charge in [0.15, 0.2) is 0 Å². The fraction of sp³-hybridized carbons (Fsp3) is 0. The maximum Gasteiger partial charge on any atom is 0.145 e. The van der Waals surface area contributed by atoms with E-state index < -0.39 is 0 Å². The zero-order valence-corrected chi connectivity index (χ0v) is 19.5. The number of aromatic nitrogens is 2. The molecule has 150 valence electrons. The van der Waals surface area contributed by atoms with Gasteiger partial charge in [-0.2, -0.15) is 0 Å². The number of imidazole rings is 1. The molecule has 4 aromatic carbocycles. The maximum atomic E-state index is 6.21. The topological polar surface area (TPSA) is 17.8 Å². The van der Waals surface area contributed by atoms with Crippen molar-refractivity contribution in [3.63, 3.8) is 0 Å². The first kappa shape index (κ1) is 20.0. The molecule has 2 nitrogen and oxygen atoms in total. The van der Waals surface area contributed by atoms with E-state index in [4.69, 9.17) is 16.6 Å². The Morgan fingerprint density at radius 2 is 1.19 bits per heavy atom. The Labute approximate surface area is 200 Å². The van der Waals surface area contributed by atoms with Crippen LogP contribution in [-0.2, 0) is 0 Å². The first-order valence-electron chi connectivity index (χ1n) is 9.96. The molecule has 0 saturated carbocycles. The minimum atomic E-state index is 0.712. The average Bonchev–Trinajstić information content (AvgIpc) is 3.22. The molecule has 4 heteroatoms. The van der Waals surface area contributed by atoms with Crippen LogP contribution < -0.4 is 0 Å². The second-order valence-corrected chi connectivity index (χ2v) is 8.87. The van der Waals surface area contributed by atoms with Crippen molar-refractivity contribution in [2.75, 3.05) is 0 Å². The summed E-state index contributed by atoms with van der Waals surface area (Å²) in [6.07, 6.45) is 0. The van der Waals surface area contributed by atoms with Crippen LogP contribution in [0.1, 0.15) is 0 Å². The summed E-state index contributed by atoms with van der Waals surface area (Å²) in [6, 6.07) is 37.2. The van der Waals surface area contributed by atoms with Gasteiger partial charge in [-0.1, -0.05) is 84.4 Å². The Hall–Kier alpha value is -2.89. The van der Waals surface area contributed by atoms with E-state index in [2.05, 4.69) is 100.0 Å². The van der Waals surface area contributed by atoms with E-state index in [1.165, 1.54) is 3.57 Å². The fourth-order valence-electron chi connectivity index (χ4n) is 3.71. The van der Waals surface area contributed by atoms with Crippen LogP contribution in [0.3, 0.4) is 0 Å². The second kappa shape index (κ2) is 8.69. The highest BCUT2D eigenvalue weighted by atomic mass is 127. The molecule has 1 heterocycles. The summed E-state index contributed by atoms with van der Waals surface area (Å²) in [5.74, 6) is 0.899. The lowest BCUT2D eigenvalue weighted by molar-refractivity contribution is 1.07. The Morgan fingerprint density at radius 1 is 0.613 bits per heavy atom. The molecule has 0 saturated heterocycles. The van der Waals surface area contributed by atoms with Crippen LogP contribution in [0.25, 0.3) is 39.6 Å². The molecule has 0 aliphatic heterocycles. The second-order valence-electron chi connectivity index (χ2n) is 7.18. The maximum absolute atomic E-state index is 6.21. The van der Waals surface area contributed by atoms with E-state index in [0.717, 1.165) is 39.6 Å². The number of hydrogen-bond donors (Lipinski definition) is 0. The van der Waals surface area contributed by atoms with E-state index in [9.17, 15) is 0 Å². The van der Waals surface area contributed by atoms with Gasteiger partial charge in [0.05, 0.1) is 11.4 Å². The van der Waals surface area contributed by atoms with Crippen molar-refractivity contribution in [2.45, 2.75) is 0 Å². The first-order chi connectivity index (χ1) is 15.2. The van der Waals surface area contributed by atoms with Gasteiger partial charge in [0.2, 0.25) is 0 Å². The Morgan fingerprint density at radius 3 is 1.81 bits per heavy atom. The summed E-state index contributed by atoms with van der Waals surface area (Å²) >= 11 is 8.53. The van der Waals surface area contributed by atoms with Crippen molar-refractivity contribution in [2.24, 2.45) is 0 Å². The summed E-state index contributed by atoms with van der Waals surface area (Å²) in [5, 5.41) is 0.712. The molecule has 31 heavy (non-hydrogen) atoms. The number of nitrogens with zero attached hydrogens (tertiary/aromatic N) is 2. The average molecular weight is 533 g/mol. The largest absolute Gasteiger partial charge is 0.292 e. The van der Waals surface area contributed by atoms with Crippen LogP contribution in [0.15, 0.2) is 109 Å². The molecule has 0 amide bonds. The molecule has 0 radical (unpaired) electrons. The third-order valence-electron chi connectivity index (χ3n) is 5.16. The molecular weight excluding hydrogens is 515 g/mol. The molecule has 1 aromatic heterocycles. The van der Waals surface area contributed by atoms with Gasteiger partial charge in [-0.05, 0) is 59.0 Å². The van der Waals surface area contributed by atoms with Crippen LogP contribution in [0.5, 0.6) is 0 Å². The minimum Gasteiger partial charge on any atom is -0.292 e. The van der Waals surface area contributed by atoms with Crippen molar-refractivity contribution < 1.29 is 0 Å². The molecule has 0 atom stereocenters. The lowest BCUT2D eigenvalue weighted by atomic mass is 10.0. The lowest BCUT2D eigenvalue weighted by Gasteiger charge is -2.14. The third kappa shape index (κ3) is 4.03. The minimum absolute atomic E-state index is 0.712. The predicted octanol–water partition coefficient (Wildman–Crippen LogP) is 8.13. The van der Waals surface area contributed by atoms with Gasteiger partial charge in [-0.15, -0.1) is 0 Å². The van der Waals surface area contributed by atoms with Crippen LogP contribution >= 0.6 is 34.2 Å². The van der Waals surface area contributed by atoms with E-state index in [1.807, 2.05) is 36.4 Å². The van der Waals surface area contributed by atoms with Crippen LogP contribution in [0.2, 0.25) is 5.02 Å². The van der Waals surface area contributed by atoms with E-state index in [1.54, 1.807) is 0 Å². The van der Waals surface area contributed by atoms with Crippen molar-refractivity contribution in [3.8, 4) is 39.6 Å². The van der Waals surface area contributed by atoms with Gasteiger partial charge in [-0.25, -0.2) is 4.98 Å². The lowest BCUT2D eigenvalue weighted by Crippen LogP contribution is -2.00. The standard InChI is InChI=1S/C27H18ClIN2/c28-22-13-17-24(18-14-22)31-26(20-9-5-2-6-10-20)25(19-7-3-1-4-8-19)30-27(31)21-11-15-23(29)16-12-21/h1-18H. The molecule has 0 bridgehead atoms. The van der Waals surface area contributed by atoms with Gasteiger partial charge in [0.1, 0.15) is 5.82 Å². The summed E-state index contributed by atoms with van der Waals surface area (Å²) < 4.78 is 3.42. The molecule has 0 N–H and O–H groups in total. The Balaban J connectivity index is 1.87. The Kier molecular flexibility index (Phi) is 5.62. The van der Waals surface area contributed by atoms with E-state index >= 15 is 0 Å². The van der Waals surface area contributed by atoms with E-state index in [-0.39, 0.29) is 0 Å². The number of halogens is 2. The third-order valence-corrected chi connectivity index (χ3v) is 6.13. The molecule has 0 unspecified atom stereocenters. The van der Waals surface area contributed by atoms with Gasteiger partial charge in [-0.3, -0.25) is 4.57 Å². The van der Waals surface area contributed by atoms with Crippen molar-refractivity contribution in [3.05, 3.63) is 118 Å². The SMILES string of the molecule is Clc1ccc(-n2c(-c3ccc(I)cc3)nc(-c3ccccc3)c2-c2ccccc2)cc1. The molecule has 0 aliphatic carbocycles. The highest BCUT2D eigenvalue weighted by molar-refractivity contribution is 14.1. The fourth-order valence-corrected chi connectivity index (χ4v) is 4.20. The first-order valence-corrected chi connectivity index (χ1v) is 11.4. The monoisotopic (exact) mass is 532 g/mol. The highest BCUT2D eigenvalue weighted by Gasteiger charge is 2.22. The molecular formula is C27H18ClIN2. The molecule has 0 fully saturated rings. The van der Waals surface area contributed by atoms with Gasteiger partial charge in [0.25, 0.3) is 0 Å². The van der Waals surface area contributed by atoms with Crippen LogP contribution in [0.4, 0.5) is 0 Å². The highest BCUT2D eigenvalue weighted by Crippen LogP contribution is 2.38. The van der Waals surface area contributed by atoms with E-state index in [0.29, 0.717) is 5.02 Å². The predicted molar refractivity (Wildman–Crippen MR) is 138 cm³/mol. The zero-order chi connectivity index (χ0) is 21.2. The summed E-state index contributed by atoms with van der Waals surface area (Å²) in [6.45, 7) is 0. The number of hydrogen-bond acceptors (Lipinski definition) is 1. The normalized spacial score (nSPS) is 10.9. The van der Waals surface area contributed by atoms with Crippen molar-refractivity contribution >= 4 is 34.2 Å². The molecule has 5 rings (SSSR count). The van der Waals surface area contributed by atoms with Crippen LogP contribution in [-0.4, -0.2) is 9.55 Å². The van der Waals surface area contributed by atoms with Gasteiger partial charge < -0.3 is 0 Å². The molecule has 5 aromatic rings. The quantitative estimate of drug-likeness (QED) is 0.214. The Bertz CT molecular complexity index is 1310. The summed E-state index contributed by atoms with van der Waals surface area (Å²) in [7, 11) is 0.